The van der Waals surface area contributed by atoms with E-state index in [9.17, 15) is 0 Å². The highest BCUT2D eigenvalue weighted by atomic mass is 32.2. The molecular weight excluding hydrogens is 394 g/mol. The normalized spacial score (nSPS) is 16.2. The maximum Gasteiger partial charge on any atom is 0.180 e. The number of thioether (sulfide) groups is 1. The summed E-state index contributed by atoms with van der Waals surface area (Å²) in [5.41, 5.74) is 8.07. The lowest BCUT2D eigenvalue weighted by Gasteiger charge is -2.32. The quantitative estimate of drug-likeness (QED) is 0.289. The van der Waals surface area contributed by atoms with Crippen LogP contribution in [0.25, 0.3) is 0 Å². The van der Waals surface area contributed by atoms with E-state index in [1.54, 1.807) is 6.21 Å². The standard InChI is InChI=1S/C23H31N5OS/c1-27-13-15-28(16-14-27)12-7-17-29-22-11-6-5-10-21(22)18-25-26-23(24)30-19-20-8-3-2-4-9-20/h2-6,8-11,18H,7,12-17,19H2,1H3,(H2,24,26). The first-order chi connectivity index (χ1) is 14.7. The molecule has 1 aliphatic heterocycles. The van der Waals surface area contributed by atoms with Crippen molar-refractivity contribution >= 4 is 23.1 Å². The topological polar surface area (TPSA) is 66.5 Å². The van der Waals surface area contributed by atoms with E-state index in [1.807, 2.05) is 42.5 Å². The largest absolute Gasteiger partial charge is 0.493 e. The fourth-order valence-electron chi connectivity index (χ4n) is 3.17. The van der Waals surface area contributed by atoms with Gasteiger partial charge in [-0.15, -0.1) is 5.10 Å². The fraction of sp³-hybridized carbons (Fsp3) is 0.391. The highest BCUT2D eigenvalue weighted by Crippen LogP contribution is 2.17. The number of para-hydroxylation sites is 1. The third kappa shape index (κ3) is 7.82. The van der Waals surface area contributed by atoms with Crippen molar-refractivity contribution in [2.24, 2.45) is 15.9 Å². The Bertz CT molecular complexity index is 819. The number of hydrogen-bond acceptors (Lipinski definition) is 6. The average molecular weight is 426 g/mol. The van der Waals surface area contributed by atoms with Crippen LogP contribution in [0.2, 0.25) is 0 Å². The molecule has 1 heterocycles. The smallest absolute Gasteiger partial charge is 0.180 e. The summed E-state index contributed by atoms with van der Waals surface area (Å²) in [6, 6.07) is 18.1. The first-order valence-corrected chi connectivity index (χ1v) is 11.4. The third-order valence-corrected chi connectivity index (χ3v) is 5.83. The molecule has 6 nitrogen and oxygen atoms in total. The van der Waals surface area contributed by atoms with Crippen LogP contribution in [0.1, 0.15) is 17.5 Å². The number of nitrogens with two attached hydrogens (primary N) is 1. The Morgan fingerprint density at radius 3 is 2.60 bits per heavy atom. The monoisotopic (exact) mass is 425 g/mol. The number of rotatable bonds is 9. The third-order valence-electron chi connectivity index (χ3n) is 4.97. The molecule has 2 aromatic carbocycles. The minimum Gasteiger partial charge on any atom is -0.493 e. The van der Waals surface area contributed by atoms with Crippen molar-refractivity contribution in [3.05, 3.63) is 65.7 Å². The Balaban J connectivity index is 1.43. The second-order valence-corrected chi connectivity index (χ2v) is 8.34. The predicted octanol–water partition coefficient (Wildman–Crippen LogP) is 3.28. The molecule has 7 heteroatoms. The number of piperazine rings is 1. The van der Waals surface area contributed by atoms with Crippen molar-refractivity contribution in [3.8, 4) is 5.75 Å². The van der Waals surface area contributed by atoms with Crippen LogP contribution in [-0.4, -0.2) is 67.6 Å². The Kier molecular flexibility index (Phi) is 9.21. The number of likely N-dealkylation sites (N-methyl/N-ethyl adjacent to an activating group) is 1. The van der Waals surface area contributed by atoms with Crippen LogP contribution in [0.3, 0.4) is 0 Å². The number of benzene rings is 2. The number of nitrogens with zero attached hydrogens (tertiary/aromatic N) is 4. The van der Waals surface area contributed by atoms with Gasteiger partial charge in [-0.25, -0.2) is 0 Å². The summed E-state index contributed by atoms with van der Waals surface area (Å²) in [5, 5.41) is 8.69. The maximum atomic E-state index is 6.00. The van der Waals surface area contributed by atoms with Gasteiger partial charge in [0.1, 0.15) is 5.75 Å². The molecule has 3 rings (SSSR count). The average Bonchev–Trinajstić information content (AvgIpc) is 2.78. The minimum atomic E-state index is 0.445. The van der Waals surface area contributed by atoms with Crippen molar-refractivity contribution in [1.82, 2.24) is 9.80 Å². The Morgan fingerprint density at radius 2 is 1.80 bits per heavy atom. The van der Waals surface area contributed by atoms with Gasteiger partial charge in [0.05, 0.1) is 12.8 Å². The summed E-state index contributed by atoms with van der Waals surface area (Å²) in [5.74, 6) is 1.60. The van der Waals surface area contributed by atoms with Crippen LogP contribution in [0.15, 0.2) is 64.8 Å². The minimum absolute atomic E-state index is 0.445. The predicted molar refractivity (Wildman–Crippen MR) is 127 cm³/mol. The lowest BCUT2D eigenvalue weighted by Crippen LogP contribution is -2.44. The fourth-order valence-corrected chi connectivity index (χ4v) is 3.78. The highest BCUT2D eigenvalue weighted by Gasteiger charge is 2.12. The van der Waals surface area contributed by atoms with Gasteiger partial charge in [0.25, 0.3) is 0 Å². The molecule has 160 valence electrons. The molecule has 0 aliphatic carbocycles. The zero-order chi connectivity index (χ0) is 21.0. The number of hydrogen-bond donors (Lipinski definition) is 1. The van der Waals surface area contributed by atoms with Crippen molar-refractivity contribution in [2.45, 2.75) is 12.2 Å². The molecular formula is C23H31N5OS. The first-order valence-electron chi connectivity index (χ1n) is 10.4. The summed E-state index contributed by atoms with van der Waals surface area (Å²) >= 11 is 1.47. The molecule has 0 saturated carbocycles. The lowest BCUT2D eigenvalue weighted by atomic mass is 10.2. The van der Waals surface area contributed by atoms with E-state index in [2.05, 4.69) is 39.2 Å². The van der Waals surface area contributed by atoms with Gasteiger partial charge in [0, 0.05) is 44.0 Å². The Morgan fingerprint density at radius 1 is 1.07 bits per heavy atom. The van der Waals surface area contributed by atoms with E-state index < -0.39 is 0 Å². The molecule has 1 saturated heterocycles. The SMILES string of the molecule is CN1CCN(CCCOc2ccccc2C=NN=C(N)SCc2ccccc2)CC1. The first kappa shape index (κ1) is 22.3. The molecule has 30 heavy (non-hydrogen) atoms. The van der Waals surface area contributed by atoms with Crippen LogP contribution < -0.4 is 10.5 Å². The molecule has 0 bridgehead atoms. The van der Waals surface area contributed by atoms with Crippen LogP contribution >= 0.6 is 11.8 Å². The van der Waals surface area contributed by atoms with Gasteiger partial charge in [0.15, 0.2) is 5.17 Å². The molecule has 0 radical (unpaired) electrons. The van der Waals surface area contributed by atoms with E-state index in [-0.39, 0.29) is 0 Å². The maximum absolute atomic E-state index is 6.00. The van der Waals surface area contributed by atoms with Crippen molar-refractivity contribution < 1.29 is 4.74 Å². The Labute approximate surface area is 183 Å². The van der Waals surface area contributed by atoms with Gasteiger partial charge in [-0.05, 0) is 31.2 Å². The van der Waals surface area contributed by atoms with E-state index in [0.29, 0.717) is 11.8 Å². The zero-order valence-electron chi connectivity index (χ0n) is 17.6. The molecule has 0 atom stereocenters. The van der Waals surface area contributed by atoms with Gasteiger partial charge in [-0.3, -0.25) is 0 Å². The van der Waals surface area contributed by atoms with Crippen molar-refractivity contribution in [1.29, 1.82) is 0 Å². The zero-order valence-corrected chi connectivity index (χ0v) is 18.4. The van der Waals surface area contributed by atoms with Crippen LogP contribution in [0.5, 0.6) is 5.75 Å². The van der Waals surface area contributed by atoms with Gasteiger partial charge in [0.2, 0.25) is 0 Å². The van der Waals surface area contributed by atoms with Gasteiger partial charge >= 0.3 is 0 Å². The molecule has 0 spiro atoms. The van der Waals surface area contributed by atoms with Crippen LogP contribution in [0.4, 0.5) is 0 Å². The second-order valence-electron chi connectivity index (χ2n) is 7.34. The Hall–Kier alpha value is -2.35. The summed E-state index contributed by atoms with van der Waals surface area (Å²) in [4.78, 5) is 4.87. The molecule has 0 amide bonds. The summed E-state index contributed by atoms with van der Waals surface area (Å²) < 4.78 is 6.00. The molecule has 2 aromatic rings. The summed E-state index contributed by atoms with van der Waals surface area (Å²) in [7, 11) is 2.18. The molecule has 0 aromatic heterocycles. The van der Waals surface area contributed by atoms with E-state index in [4.69, 9.17) is 10.5 Å². The van der Waals surface area contributed by atoms with Crippen molar-refractivity contribution in [3.63, 3.8) is 0 Å². The van der Waals surface area contributed by atoms with Gasteiger partial charge in [-0.2, -0.15) is 5.10 Å². The molecule has 0 unspecified atom stereocenters. The molecule has 1 fully saturated rings. The molecule has 1 aliphatic rings. The van der Waals surface area contributed by atoms with E-state index >= 15 is 0 Å². The van der Waals surface area contributed by atoms with Crippen LogP contribution in [-0.2, 0) is 5.75 Å². The number of amidine groups is 1. The van der Waals surface area contributed by atoms with Gasteiger partial charge < -0.3 is 20.3 Å². The van der Waals surface area contributed by atoms with E-state index in [0.717, 1.165) is 56.2 Å². The van der Waals surface area contributed by atoms with E-state index in [1.165, 1.54) is 17.3 Å². The van der Waals surface area contributed by atoms with Crippen molar-refractivity contribution in [2.75, 3.05) is 46.4 Å². The van der Waals surface area contributed by atoms with Gasteiger partial charge in [-0.1, -0.05) is 54.2 Å². The molecule has 2 N–H and O–H groups in total. The second kappa shape index (κ2) is 12.4. The summed E-state index contributed by atoms with van der Waals surface area (Å²) in [6.45, 7) is 6.34. The number of ether oxygens (including phenoxy) is 1. The summed E-state index contributed by atoms with van der Waals surface area (Å²) in [6.07, 6.45) is 2.71. The van der Waals surface area contributed by atoms with Crippen LogP contribution in [0, 0.1) is 0 Å². The highest BCUT2D eigenvalue weighted by molar-refractivity contribution is 8.13. The lowest BCUT2D eigenvalue weighted by molar-refractivity contribution is 0.145.